The van der Waals surface area contributed by atoms with Crippen LogP contribution in [0.5, 0.6) is 0 Å². The van der Waals surface area contributed by atoms with E-state index in [9.17, 15) is 0 Å². The zero-order valence-electron chi connectivity index (χ0n) is 12.4. The molecule has 0 atom stereocenters. The molecule has 4 aromatic rings. The molecule has 0 aliphatic rings. The van der Waals surface area contributed by atoms with Crippen molar-refractivity contribution in [1.82, 2.24) is 19.7 Å². The van der Waals surface area contributed by atoms with E-state index in [1.54, 1.807) is 6.20 Å². The van der Waals surface area contributed by atoms with Crippen molar-refractivity contribution in [1.29, 1.82) is 0 Å². The van der Waals surface area contributed by atoms with Gasteiger partial charge in [-0.1, -0.05) is 30.3 Å². The highest BCUT2D eigenvalue weighted by atomic mass is 15.3. The highest BCUT2D eigenvalue weighted by Gasteiger charge is 1.99. The van der Waals surface area contributed by atoms with E-state index in [4.69, 9.17) is 0 Å². The summed E-state index contributed by atoms with van der Waals surface area (Å²) in [7, 11) is 0. The molecule has 2 heterocycles. The molecule has 0 aliphatic carbocycles. The molecule has 0 fully saturated rings. The van der Waals surface area contributed by atoms with E-state index in [1.165, 1.54) is 0 Å². The van der Waals surface area contributed by atoms with E-state index in [-0.39, 0.29) is 0 Å². The third-order valence-corrected chi connectivity index (χ3v) is 3.52. The number of nitrogens with zero attached hydrogens (tertiary/aromatic N) is 4. The Morgan fingerprint density at radius 1 is 0.739 bits per heavy atom. The van der Waals surface area contributed by atoms with Gasteiger partial charge in [-0.25, -0.2) is 9.67 Å². The van der Waals surface area contributed by atoms with Crippen LogP contribution in [-0.4, -0.2) is 19.7 Å². The van der Waals surface area contributed by atoms with Gasteiger partial charge < -0.3 is 0 Å². The molecule has 0 saturated carbocycles. The first-order valence-electron chi connectivity index (χ1n) is 7.39. The highest BCUT2D eigenvalue weighted by molar-refractivity contribution is 5.76. The molecule has 0 amide bonds. The predicted octanol–water partition coefficient (Wildman–Crippen LogP) is 3.99. The van der Waals surface area contributed by atoms with Crippen molar-refractivity contribution in [3.05, 3.63) is 84.4 Å². The Morgan fingerprint density at radius 2 is 1.48 bits per heavy atom. The van der Waals surface area contributed by atoms with Gasteiger partial charge in [0.05, 0.1) is 34.3 Å². The van der Waals surface area contributed by atoms with Crippen LogP contribution in [0.25, 0.3) is 28.9 Å². The topological polar surface area (TPSA) is 43.6 Å². The van der Waals surface area contributed by atoms with Gasteiger partial charge >= 0.3 is 0 Å². The molecule has 2 aromatic heterocycles. The van der Waals surface area contributed by atoms with Gasteiger partial charge in [-0.15, -0.1) is 0 Å². The lowest BCUT2D eigenvalue weighted by molar-refractivity contribution is 0.876. The number of fused-ring (bicyclic) bond motifs is 1. The Bertz CT molecular complexity index is 971. The smallest absolute Gasteiger partial charge is 0.0894 e. The van der Waals surface area contributed by atoms with Crippen molar-refractivity contribution in [2.45, 2.75) is 0 Å². The summed E-state index contributed by atoms with van der Waals surface area (Å²) in [4.78, 5) is 8.98. The van der Waals surface area contributed by atoms with E-state index in [2.05, 4.69) is 15.1 Å². The Labute approximate surface area is 133 Å². The van der Waals surface area contributed by atoms with Gasteiger partial charge in [-0.2, -0.15) is 5.10 Å². The second kappa shape index (κ2) is 5.85. The zero-order chi connectivity index (χ0) is 15.5. The highest BCUT2D eigenvalue weighted by Crippen LogP contribution is 2.12. The molecule has 0 unspecified atom stereocenters. The first-order chi connectivity index (χ1) is 11.4. The van der Waals surface area contributed by atoms with Crippen LogP contribution in [0.1, 0.15) is 11.4 Å². The van der Waals surface area contributed by atoms with E-state index >= 15 is 0 Å². The molecule has 0 aliphatic heterocycles. The van der Waals surface area contributed by atoms with Crippen molar-refractivity contribution in [2.24, 2.45) is 0 Å². The number of para-hydroxylation sites is 3. The van der Waals surface area contributed by atoms with Crippen molar-refractivity contribution in [3.8, 4) is 5.69 Å². The largest absolute Gasteiger partial charge is 0.252 e. The van der Waals surface area contributed by atoms with Crippen molar-refractivity contribution in [3.63, 3.8) is 0 Å². The average Bonchev–Trinajstić information content (AvgIpc) is 3.10. The molecular weight excluding hydrogens is 284 g/mol. The summed E-state index contributed by atoms with van der Waals surface area (Å²) < 4.78 is 1.85. The summed E-state index contributed by atoms with van der Waals surface area (Å²) >= 11 is 0. The minimum absolute atomic E-state index is 0.818. The van der Waals surface area contributed by atoms with Crippen molar-refractivity contribution < 1.29 is 0 Å². The lowest BCUT2D eigenvalue weighted by Crippen LogP contribution is -1.93. The summed E-state index contributed by atoms with van der Waals surface area (Å²) in [5.74, 6) is 0. The maximum Gasteiger partial charge on any atom is 0.0894 e. The molecule has 0 N–H and O–H groups in total. The Hall–Kier alpha value is -3.27. The van der Waals surface area contributed by atoms with E-state index in [1.807, 2.05) is 83.7 Å². The lowest BCUT2D eigenvalue weighted by Gasteiger charge is -1.99. The first kappa shape index (κ1) is 13.4. The number of benzene rings is 2. The zero-order valence-corrected chi connectivity index (χ0v) is 12.4. The second-order valence-electron chi connectivity index (χ2n) is 5.14. The molecule has 110 valence electrons. The molecule has 0 radical (unpaired) electrons. The van der Waals surface area contributed by atoms with Gasteiger partial charge in [0.25, 0.3) is 0 Å². The van der Waals surface area contributed by atoms with Gasteiger partial charge in [0.2, 0.25) is 0 Å². The van der Waals surface area contributed by atoms with Crippen molar-refractivity contribution >= 4 is 23.2 Å². The molecule has 0 saturated heterocycles. The normalized spacial score (nSPS) is 11.3. The van der Waals surface area contributed by atoms with Crippen LogP contribution in [0.3, 0.4) is 0 Å². The third kappa shape index (κ3) is 2.87. The molecule has 0 bridgehead atoms. The Balaban J connectivity index is 1.59. The molecular formula is C19H14N4. The molecule has 4 heteroatoms. The summed E-state index contributed by atoms with van der Waals surface area (Å²) in [5.41, 5.74) is 4.53. The summed E-state index contributed by atoms with van der Waals surface area (Å²) in [6.07, 6.45) is 7.59. The average molecular weight is 298 g/mol. The van der Waals surface area contributed by atoms with Gasteiger partial charge in [-0.3, -0.25) is 4.98 Å². The van der Waals surface area contributed by atoms with E-state index in [0.717, 1.165) is 28.1 Å². The number of hydrogen-bond donors (Lipinski definition) is 0. The molecule has 4 rings (SSSR count). The summed E-state index contributed by atoms with van der Waals surface area (Å²) in [5, 5.41) is 4.54. The van der Waals surface area contributed by atoms with Crippen LogP contribution in [-0.2, 0) is 0 Å². The minimum atomic E-state index is 0.818. The number of aromatic nitrogens is 4. The van der Waals surface area contributed by atoms with Crippen LogP contribution in [0.4, 0.5) is 0 Å². The fraction of sp³-hybridized carbons (Fsp3) is 0. The predicted molar refractivity (Wildman–Crippen MR) is 92.0 cm³/mol. The Kier molecular flexibility index (Phi) is 3.41. The number of hydrogen-bond acceptors (Lipinski definition) is 3. The first-order valence-corrected chi connectivity index (χ1v) is 7.39. The van der Waals surface area contributed by atoms with Crippen LogP contribution in [0, 0.1) is 0 Å². The fourth-order valence-electron chi connectivity index (χ4n) is 2.37. The van der Waals surface area contributed by atoms with Gasteiger partial charge in [0.15, 0.2) is 0 Å². The summed E-state index contributed by atoms with van der Waals surface area (Å²) in [6.45, 7) is 0. The monoisotopic (exact) mass is 298 g/mol. The van der Waals surface area contributed by atoms with Crippen molar-refractivity contribution in [2.75, 3.05) is 0 Å². The van der Waals surface area contributed by atoms with Crippen LogP contribution < -0.4 is 0 Å². The van der Waals surface area contributed by atoms with Gasteiger partial charge in [-0.05, 0) is 42.5 Å². The lowest BCUT2D eigenvalue weighted by atomic mass is 10.3. The standard InChI is InChI=1S/C19H14N4/c1-2-6-17(7-3-1)23-13-12-15(22-23)10-11-16-14-20-18-8-4-5-9-19(18)21-16/h1-14H/b11-10-. The molecule has 0 spiro atoms. The molecule has 2 aromatic carbocycles. The fourth-order valence-corrected chi connectivity index (χ4v) is 2.37. The third-order valence-electron chi connectivity index (χ3n) is 3.52. The van der Waals surface area contributed by atoms with Crippen LogP contribution in [0.15, 0.2) is 73.1 Å². The van der Waals surface area contributed by atoms with E-state index < -0.39 is 0 Å². The molecule has 23 heavy (non-hydrogen) atoms. The maximum atomic E-state index is 4.57. The second-order valence-corrected chi connectivity index (χ2v) is 5.14. The quantitative estimate of drug-likeness (QED) is 0.574. The SMILES string of the molecule is C(=C/c1ccn(-c2ccccc2)n1)/c1cnc2ccccc2n1. The van der Waals surface area contributed by atoms with Crippen LogP contribution >= 0.6 is 0 Å². The Morgan fingerprint density at radius 3 is 2.35 bits per heavy atom. The minimum Gasteiger partial charge on any atom is -0.252 e. The van der Waals surface area contributed by atoms with Gasteiger partial charge in [0.1, 0.15) is 0 Å². The molecule has 4 nitrogen and oxygen atoms in total. The maximum absolute atomic E-state index is 4.57. The summed E-state index contributed by atoms with van der Waals surface area (Å²) in [6, 6.07) is 19.8. The van der Waals surface area contributed by atoms with Gasteiger partial charge in [0, 0.05) is 6.20 Å². The van der Waals surface area contributed by atoms with E-state index in [0.29, 0.717) is 0 Å². The van der Waals surface area contributed by atoms with Crippen LogP contribution in [0.2, 0.25) is 0 Å². The number of rotatable bonds is 3.